The lowest BCUT2D eigenvalue weighted by molar-refractivity contribution is -0.155. The van der Waals surface area contributed by atoms with Gasteiger partial charge in [0.05, 0.1) is 0 Å². The number of hydrogen-bond acceptors (Lipinski definition) is 3. The Bertz CT molecular complexity index is 609. The summed E-state index contributed by atoms with van der Waals surface area (Å²) in [4.78, 5) is 29.4. The van der Waals surface area contributed by atoms with Crippen LogP contribution in [0.5, 0.6) is 0 Å². The summed E-state index contributed by atoms with van der Waals surface area (Å²) in [6.45, 7) is 2.89. The van der Waals surface area contributed by atoms with Crippen LogP contribution < -0.4 is 0 Å². The second kappa shape index (κ2) is 6.67. The molecule has 2 heterocycles. The van der Waals surface area contributed by atoms with Crippen LogP contribution in [0.2, 0.25) is 0 Å². The summed E-state index contributed by atoms with van der Waals surface area (Å²) in [6, 6.07) is 10.8. The maximum absolute atomic E-state index is 12.6. The standard InChI is InChI=1S/C20H26N2O2/c23-19-13-16-17(21-11-4-5-12-21)9-6-10-18(16)22(20(19)24)14-15-7-2-1-3-8-15/h1-3,7-8,16-18H,4-6,9-14H2/t16-,17+,18-/m1/s1. The number of nitrogens with zero attached hydrogens (tertiary/aromatic N) is 2. The molecule has 4 nitrogen and oxygen atoms in total. The zero-order chi connectivity index (χ0) is 16.5. The highest BCUT2D eigenvalue weighted by molar-refractivity contribution is 6.36. The average molecular weight is 326 g/mol. The lowest BCUT2D eigenvalue weighted by atomic mass is 9.73. The van der Waals surface area contributed by atoms with Crippen molar-refractivity contribution in [3.63, 3.8) is 0 Å². The highest BCUT2D eigenvalue weighted by Gasteiger charge is 2.47. The molecule has 0 spiro atoms. The quantitative estimate of drug-likeness (QED) is 0.802. The first-order valence-corrected chi connectivity index (χ1v) is 9.36. The molecule has 3 aliphatic rings. The van der Waals surface area contributed by atoms with Crippen LogP contribution in [-0.4, -0.2) is 46.7 Å². The molecule has 1 saturated carbocycles. The minimum Gasteiger partial charge on any atom is -0.328 e. The van der Waals surface area contributed by atoms with Crippen LogP contribution in [0, 0.1) is 5.92 Å². The van der Waals surface area contributed by atoms with E-state index in [1.165, 1.54) is 19.3 Å². The molecule has 3 atom stereocenters. The summed E-state index contributed by atoms with van der Waals surface area (Å²) < 4.78 is 0. The van der Waals surface area contributed by atoms with Gasteiger partial charge in [0.25, 0.3) is 5.91 Å². The van der Waals surface area contributed by atoms with Gasteiger partial charge in [-0.3, -0.25) is 9.59 Å². The summed E-state index contributed by atoms with van der Waals surface area (Å²) >= 11 is 0. The second-order valence-corrected chi connectivity index (χ2v) is 7.52. The third-order valence-electron chi connectivity index (χ3n) is 6.11. The number of hydrogen-bond donors (Lipinski definition) is 0. The molecular weight excluding hydrogens is 300 g/mol. The summed E-state index contributed by atoms with van der Waals surface area (Å²) in [5, 5.41) is 0. The fourth-order valence-corrected chi connectivity index (χ4v) is 4.99. The molecule has 0 bridgehead atoms. The lowest BCUT2D eigenvalue weighted by Gasteiger charge is -2.49. The minimum absolute atomic E-state index is 0.182. The van der Waals surface area contributed by atoms with Gasteiger partial charge < -0.3 is 9.80 Å². The summed E-state index contributed by atoms with van der Waals surface area (Å²) in [6.07, 6.45) is 6.39. The monoisotopic (exact) mass is 326 g/mol. The summed E-state index contributed by atoms with van der Waals surface area (Å²) in [7, 11) is 0. The third kappa shape index (κ3) is 2.88. The number of rotatable bonds is 3. The van der Waals surface area contributed by atoms with E-state index in [1.807, 2.05) is 35.2 Å². The van der Waals surface area contributed by atoms with E-state index in [4.69, 9.17) is 0 Å². The van der Waals surface area contributed by atoms with Gasteiger partial charge in [0.2, 0.25) is 5.78 Å². The van der Waals surface area contributed by atoms with Crippen LogP contribution in [0.25, 0.3) is 0 Å². The molecule has 3 fully saturated rings. The molecule has 1 aliphatic carbocycles. The average Bonchev–Trinajstić information content (AvgIpc) is 3.14. The van der Waals surface area contributed by atoms with Gasteiger partial charge in [-0.1, -0.05) is 30.3 Å². The molecule has 1 aromatic carbocycles. The molecule has 0 unspecified atom stereocenters. The van der Waals surface area contributed by atoms with Crippen molar-refractivity contribution in [3.05, 3.63) is 35.9 Å². The molecule has 128 valence electrons. The van der Waals surface area contributed by atoms with Crippen LogP contribution in [0.15, 0.2) is 30.3 Å². The van der Waals surface area contributed by atoms with Gasteiger partial charge in [-0.15, -0.1) is 0 Å². The Balaban J connectivity index is 1.58. The maximum Gasteiger partial charge on any atom is 0.290 e. The van der Waals surface area contributed by atoms with Gasteiger partial charge in [0.1, 0.15) is 0 Å². The maximum atomic E-state index is 12.6. The van der Waals surface area contributed by atoms with Crippen molar-refractivity contribution in [1.82, 2.24) is 9.80 Å². The van der Waals surface area contributed by atoms with E-state index in [1.54, 1.807) is 0 Å². The van der Waals surface area contributed by atoms with Crippen LogP contribution in [0.1, 0.15) is 44.1 Å². The SMILES string of the molecule is O=C1C[C@H]2[C@@H](CCC[C@@H]2N2CCCC2)N(Cc2ccccc2)C1=O. The van der Waals surface area contributed by atoms with E-state index in [9.17, 15) is 9.59 Å². The largest absolute Gasteiger partial charge is 0.328 e. The predicted octanol–water partition coefficient (Wildman–Crippen LogP) is 2.62. The highest BCUT2D eigenvalue weighted by atomic mass is 16.2. The van der Waals surface area contributed by atoms with Crippen LogP contribution in [0.4, 0.5) is 0 Å². The van der Waals surface area contributed by atoms with Crippen molar-refractivity contribution >= 4 is 11.7 Å². The smallest absolute Gasteiger partial charge is 0.290 e. The number of carbonyl (C=O) groups excluding carboxylic acids is 2. The predicted molar refractivity (Wildman–Crippen MR) is 92.3 cm³/mol. The molecule has 2 aliphatic heterocycles. The number of likely N-dealkylation sites (tertiary alicyclic amines) is 2. The Hall–Kier alpha value is -1.68. The normalized spacial score (nSPS) is 31.3. The van der Waals surface area contributed by atoms with E-state index in [2.05, 4.69) is 4.90 Å². The number of fused-ring (bicyclic) bond motifs is 1. The topological polar surface area (TPSA) is 40.6 Å². The number of piperidine rings is 1. The Morgan fingerprint density at radius 1 is 0.917 bits per heavy atom. The van der Waals surface area contributed by atoms with E-state index in [0.29, 0.717) is 24.9 Å². The van der Waals surface area contributed by atoms with Gasteiger partial charge in [-0.25, -0.2) is 0 Å². The van der Waals surface area contributed by atoms with Gasteiger partial charge in [0.15, 0.2) is 0 Å². The Morgan fingerprint density at radius 2 is 1.62 bits per heavy atom. The number of carbonyl (C=O) groups is 2. The van der Waals surface area contributed by atoms with Crippen molar-refractivity contribution in [3.8, 4) is 0 Å². The second-order valence-electron chi connectivity index (χ2n) is 7.52. The zero-order valence-corrected chi connectivity index (χ0v) is 14.2. The number of Topliss-reactive ketones (excluding diaryl/α,β-unsaturated/α-hetero) is 1. The zero-order valence-electron chi connectivity index (χ0n) is 14.2. The third-order valence-corrected chi connectivity index (χ3v) is 6.11. The van der Waals surface area contributed by atoms with Gasteiger partial charge in [-0.2, -0.15) is 0 Å². The van der Waals surface area contributed by atoms with Crippen LogP contribution in [0.3, 0.4) is 0 Å². The fraction of sp³-hybridized carbons (Fsp3) is 0.600. The molecule has 1 aromatic rings. The Labute approximate surface area is 143 Å². The first-order valence-electron chi connectivity index (χ1n) is 9.36. The minimum atomic E-state index is -0.262. The highest BCUT2D eigenvalue weighted by Crippen LogP contribution is 2.39. The van der Waals surface area contributed by atoms with Gasteiger partial charge >= 0.3 is 0 Å². The van der Waals surface area contributed by atoms with E-state index in [0.717, 1.165) is 31.5 Å². The van der Waals surface area contributed by atoms with Crippen molar-refractivity contribution in [1.29, 1.82) is 0 Å². The van der Waals surface area contributed by atoms with Crippen molar-refractivity contribution in [2.75, 3.05) is 13.1 Å². The number of amides is 1. The summed E-state index contributed by atoms with van der Waals surface area (Å²) in [5.41, 5.74) is 1.11. The van der Waals surface area contributed by atoms with Gasteiger partial charge in [-0.05, 0) is 50.8 Å². The van der Waals surface area contributed by atoms with Gasteiger partial charge in [0, 0.05) is 31.0 Å². The molecule has 4 heteroatoms. The Kier molecular flexibility index (Phi) is 4.40. The van der Waals surface area contributed by atoms with Crippen molar-refractivity contribution in [2.24, 2.45) is 5.92 Å². The van der Waals surface area contributed by atoms with Crippen molar-refractivity contribution < 1.29 is 9.59 Å². The van der Waals surface area contributed by atoms with Crippen molar-refractivity contribution in [2.45, 2.75) is 57.2 Å². The molecule has 0 radical (unpaired) electrons. The Morgan fingerprint density at radius 3 is 2.38 bits per heavy atom. The first-order chi connectivity index (χ1) is 11.7. The molecule has 0 N–H and O–H groups in total. The molecule has 24 heavy (non-hydrogen) atoms. The number of benzene rings is 1. The molecule has 0 aromatic heterocycles. The fourth-order valence-electron chi connectivity index (χ4n) is 4.99. The van der Waals surface area contributed by atoms with E-state index < -0.39 is 0 Å². The molecule has 2 saturated heterocycles. The van der Waals surface area contributed by atoms with Crippen LogP contribution >= 0.6 is 0 Å². The van der Waals surface area contributed by atoms with E-state index >= 15 is 0 Å². The summed E-state index contributed by atoms with van der Waals surface area (Å²) in [5.74, 6) is -0.119. The molecule has 4 rings (SSSR count). The lowest BCUT2D eigenvalue weighted by Crippen LogP contribution is -2.59. The van der Waals surface area contributed by atoms with E-state index in [-0.39, 0.29) is 17.7 Å². The first kappa shape index (κ1) is 15.8. The number of ketones is 1. The molecule has 1 amide bonds. The van der Waals surface area contributed by atoms with Crippen LogP contribution in [-0.2, 0) is 16.1 Å². The molecular formula is C20H26N2O2.